The zero-order valence-corrected chi connectivity index (χ0v) is 18.6. The van der Waals surface area contributed by atoms with E-state index in [1.165, 1.54) is 18.4 Å². The molecule has 0 radical (unpaired) electrons. The first kappa shape index (κ1) is 23.0. The number of fused-ring (bicyclic) bond motifs is 1. The summed E-state index contributed by atoms with van der Waals surface area (Å²) in [5.41, 5.74) is 4.63. The second kappa shape index (κ2) is 9.21. The Labute approximate surface area is 180 Å². The molecule has 30 heavy (non-hydrogen) atoms. The van der Waals surface area contributed by atoms with Crippen LogP contribution >= 0.6 is 0 Å². The molecule has 3 aliphatic rings. The first-order valence-electron chi connectivity index (χ1n) is 11.2. The summed E-state index contributed by atoms with van der Waals surface area (Å²) in [7, 11) is 0. The Kier molecular flexibility index (Phi) is 7.05. The number of rotatable bonds is 6. The summed E-state index contributed by atoms with van der Waals surface area (Å²) in [6.45, 7) is 10.3. The van der Waals surface area contributed by atoms with Gasteiger partial charge in [-0.2, -0.15) is 0 Å². The van der Waals surface area contributed by atoms with Crippen LogP contribution in [0.15, 0.2) is 47.1 Å². The van der Waals surface area contributed by atoms with Gasteiger partial charge in [0.05, 0.1) is 12.7 Å². The molecule has 0 aliphatic heterocycles. The average molecular weight is 417 g/mol. The zero-order chi connectivity index (χ0) is 21.9. The van der Waals surface area contributed by atoms with Gasteiger partial charge in [0.1, 0.15) is 6.61 Å². The SMILES string of the molecule is C=C1C(=CC=C2CCC[C@]3(C)C(CC)=CC[C@@H]23)C[C@](O)(OCC(=O)OCC)CC1O. The van der Waals surface area contributed by atoms with Crippen molar-refractivity contribution in [3.8, 4) is 0 Å². The molecule has 5 nitrogen and oxygen atoms in total. The molecule has 4 atom stereocenters. The number of allylic oxidation sites excluding steroid dienone is 5. The third-order valence-corrected chi connectivity index (χ3v) is 7.15. The van der Waals surface area contributed by atoms with E-state index >= 15 is 0 Å². The van der Waals surface area contributed by atoms with E-state index in [1.807, 2.05) is 6.08 Å². The molecule has 0 heterocycles. The molecule has 3 rings (SSSR count). The summed E-state index contributed by atoms with van der Waals surface area (Å²) in [5, 5.41) is 21.3. The average Bonchev–Trinajstić information content (AvgIpc) is 3.05. The fourth-order valence-corrected chi connectivity index (χ4v) is 5.46. The van der Waals surface area contributed by atoms with Crippen molar-refractivity contribution in [3.05, 3.63) is 47.1 Å². The predicted octanol–water partition coefficient (Wildman–Crippen LogP) is 4.36. The van der Waals surface area contributed by atoms with E-state index in [0.29, 0.717) is 11.5 Å². The lowest BCUT2D eigenvalue weighted by atomic mass is 9.64. The summed E-state index contributed by atoms with van der Waals surface area (Å²) in [6, 6.07) is 0. The van der Waals surface area contributed by atoms with Crippen molar-refractivity contribution < 1.29 is 24.5 Å². The lowest BCUT2D eigenvalue weighted by Gasteiger charge is -2.41. The van der Waals surface area contributed by atoms with E-state index in [9.17, 15) is 15.0 Å². The normalized spacial score (nSPS) is 36.7. The van der Waals surface area contributed by atoms with E-state index in [0.717, 1.165) is 24.8 Å². The Morgan fingerprint density at radius 2 is 2.13 bits per heavy atom. The van der Waals surface area contributed by atoms with E-state index in [-0.39, 0.29) is 31.5 Å². The molecule has 0 saturated heterocycles. The van der Waals surface area contributed by atoms with Crippen molar-refractivity contribution >= 4 is 5.97 Å². The molecule has 3 aliphatic carbocycles. The first-order chi connectivity index (χ1) is 14.2. The number of esters is 1. The fraction of sp³-hybridized carbons (Fsp3) is 0.640. The van der Waals surface area contributed by atoms with Crippen molar-refractivity contribution in [2.24, 2.45) is 11.3 Å². The number of ether oxygens (including phenoxy) is 2. The van der Waals surface area contributed by atoms with Crippen LogP contribution in [0.2, 0.25) is 0 Å². The molecule has 1 unspecified atom stereocenters. The smallest absolute Gasteiger partial charge is 0.332 e. The van der Waals surface area contributed by atoms with Crippen LogP contribution in [0.25, 0.3) is 0 Å². The van der Waals surface area contributed by atoms with Crippen molar-refractivity contribution in [2.75, 3.05) is 13.2 Å². The van der Waals surface area contributed by atoms with Gasteiger partial charge in [-0.1, -0.05) is 49.8 Å². The Morgan fingerprint density at radius 1 is 1.37 bits per heavy atom. The van der Waals surface area contributed by atoms with Gasteiger partial charge < -0.3 is 19.7 Å². The van der Waals surface area contributed by atoms with Gasteiger partial charge in [-0.15, -0.1) is 0 Å². The topological polar surface area (TPSA) is 76.0 Å². The van der Waals surface area contributed by atoms with Gasteiger partial charge in [0.15, 0.2) is 5.79 Å². The third-order valence-electron chi connectivity index (χ3n) is 7.15. The fourth-order valence-electron chi connectivity index (χ4n) is 5.46. The molecule has 2 fully saturated rings. The molecule has 2 saturated carbocycles. The predicted molar refractivity (Wildman–Crippen MR) is 117 cm³/mol. The monoisotopic (exact) mass is 416 g/mol. The van der Waals surface area contributed by atoms with Crippen LogP contribution in [0.5, 0.6) is 0 Å². The summed E-state index contributed by atoms with van der Waals surface area (Å²) in [5.74, 6) is -1.61. The summed E-state index contributed by atoms with van der Waals surface area (Å²) in [6.07, 6.45) is 11.5. The maximum atomic E-state index is 11.6. The molecule has 0 spiro atoms. The highest BCUT2D eigenvalue weighted by Crippen LogP contribution is 2.55. The number of hydrogen-bond acceptors (Lipinski definition) is 5. The molecule has 5 heteroatoms. The summed E-state index contributed by atoms with van der Waals surface area (Å²) < 4.78 is 10.3. The standard InChI is InChI=1S/C25H36O5/c1-5-20-11-12-21-18(8-7-13-24(20,21)4)9-10-19-14-25(28,15-22(26)17(19)3)30-16-23(27)29-6-2/h9-11,21-22,26,28H,3,5-8,12-16H2,1-2,4H3/t21-,22?,24+,25-/m0/s1. The van der Waals surface area contributed by atoms with E-state index in [4.69, 9.17) is 9.47 Å². The maximum absolute atomic E-state index is 11.6. The van der Waals surface area contributed by atoms with E-state index in [1.54, 1.807) is 12.5 Å². The van der Waals surface area contributed by atoms with Gasteiger partial charge in [0, 0.05) is 12.8 Å². The van der Waals surface area contributed by atoms with Crippen LogP contribution in [-0.2, 0) is 14.3 Å². The van der Waals surface area contributed by atoms with Crippen molar-refractivity contribution in [1.29, 1.82) is 0 Å². The van der Waals surface area contributed by atoms with Crippen LogP contribution in [0, 0.1) is 11.3 Å². The van der Waals surface area contributed by atoms with Crippen molar-refractivity contribution in [2.45, 2.75) is 77.6 Å². The van der Waals surface area contributed by atoms with Crippen LogP contribution in [0.3, 0.4) is 0 Å². The largest absolute Gasteiger partial charge is 0.464 e. The molecule has 0 aromatic rings. The highest BCUT2D eigenvalue weighted by Gasteiger charge is 2.44. The summed E-state index contributed by atoms with van der Waals surface area (Å²) in [4.78, 5) is 11.6. The molecular formula is C25H36O5. The highest BCUT2D eigenvalue weighted by molar-refractivity contribution is 5.70. The van der Waals surface area contributed by atoms with Gasteiger partial charge in [0.25, 0.3) is 0 Å². The van der Waals surface area contributed by atoms with Crippen LogP contribution < -0.4 is 0 Å². The molecule has 0 aromatic heterocycles. The van der Waals surface area contributed by atoms with Crippen LogP contribution in [0.4, 0.5) is 0 Å². The molecule has 0 bridgehead atoms. The minimum absolute atomic E-state index is 0.0103. The number of aliphatic hydroxyl groups excluding tert-OH is 1. The number of hydrogen-bond donors (Lipinski definition) is 2. The van der Waals surface area contributed by atoms with Gasteiger partial charge in [-0.25, -0.2) is 4.79 Å². The maximum Gasteiger partial charge on any atom is 0.332 e. The molecular weight excluding hydrogens is 380 g/mol. The van der Waals surface area contributed by atoms with Gasteiger partial charge in [-0.05, 0) is 61.5 Å². The minimum atomic E-state index is -1.61. The van der Waals surface area contributed by atoms with E-state index in [2.05, 4.69) is 32.6 Å². The lowest BCUT2D eigenvalue weighted by molar-refractivity contribution is -0.225. The Morgan fingerprint density at radius 3 is 2.83 bits per heavy atom. The Hall–Kier alpha value is -1.69. The number of aliphatic hydroxyl groups is 2. The van der Waals surface area contributed by atoms with Crippen LogP contribution in [0.1, 0.15) is 65.7 Å². The minimum Gasteiger partial charge on any atom is -0.464 e. The third kappa shape index (κ3) is 4.63. The second-order valence-electron chi connectivity index (χ2n) is 9.04. The van der Waals surface area contributed by atoms with Gasteiger partial charge in [0.2, 0.25) is 0 Å². The summed E-state index contributed by atoms with van der Waals surface area (Å²) >= 11 is 0. The molecule has 2 N–H and O–H groups in total. The van der Waals surface area contributed by atoms with Crippen molar-refractivity contribution in [1.82, 2.24) is 0 Å². The number of carbonyl (C=O) groups excluding carboxylic acids is 1. The van der Waals surface area contributed by atoms with E-state index < -0.39 is 17.9 Å². The highest BCUT2D eigenvalue weighted by atomic mass is 16.6. The molecule has 166 valence electrons. The quantitative estimate of drug-likeness (QED) is 0.382. The van der Waals surface area contributed by atoms with Crippen molar-refractivity contribution in [3.63, 3.8) is 0 Å². The lowest BCUT2D eigenvalue weighted by Crippen LogP contribution is -2.43. The zero-order valence-electron chi connectivity index (χ0n) is 18.6. The Bertz CT molecular complexity index is 776. The molecule has 0 amide bonds. The van der Waals surface area contributed by atoms with Gasteiger partial charge >= 0.3 is 5.97 Å². The second-order valence-corrected chi connectivity index (χ2v) is 9.04. The Balaban J connectivity index is 1.76. The van der Waals surface area contributed by atoms with Crippen LogP contribution in [-0.4, -0.2) is 41.3 Å². The van der Waals surface area contributed by atoms with Gasteiger partial charge in [-0.3, -0.25) is 0 Å². The molecule has 0 aromatic carbocycles. The number of carbonyl (C=O) groups is 1. The first-order valence-corrected chi connectivity index (χ1v) is 11.2.